The largest absolute Gasteiger partial charge is 0.385 e. The second-order valence-corrected chi connectivity index (χ2v) is 7.17. The van der Waals surface area contributed by atoms with Gasteiger partial charge < -0.3 is 10.2 Å². The van der Waals surface area contributed by atoms with Gasteiger partial charge in [0.05, 0.1) is 0 Å². The smallest absolute Gasteiger partial charge is 0.219 e. The number of rotatable bonds is 4. The topological polar surface area (TPSA) is 49.4 Å². The molecule has 0 aliphatic carbocycles. The minimum Gasteiger partial charge on any atom is -0.385 e. The van der Waals surface area contributed by atoms with Crippen molar-refractivity contribution in [3.63, 3.8) is 0 Å². The van der Waals surface area contributed by atoms with Crippen LogP contribution < -0.4 is 5.32 Å². The van der Waals surface area contributed by atoms with Crippen LogP contribution in [0, 0.1) is 5.92 Å². The Balaban J connectivity index is 1.52. The Kier molecular flexibility index (Phi) is 5.54. The number of carbonyl (C=O) groups is 2. The molecule has 1 fully saturated rings. The molecule has 0 unspecified atom stereocenters. The molecule has 4 heteroatoms. The normalized spacial score (nSPS) is 18.5. The van der Waals surface area contributed by atoms with Crippen molar-refractivity contribution in [2.75, 3.05) is 25.0 Å². The van der Waals surface area contributed by atoms with E-state index in [0.717, 1.165) is 56.6 Å². The summed E-state index contributed by atoms with van der Waals surface area (Å²) in [7, 11) is 0. The van der Waals surface area contributed by atoms with E-state index in [-0.39, 0.29) is 11.7 Å². The number of Topliss-reactive ketones (excluding diaryl/α,β-unsaturated/α-hetero) is 1. The van der Waals surface area contributed by atoms with Crippen molar-refractivity contribution in [2.45, 2.75) is 51.9 Å². The lowest BCUT2D eigenvalue weighted by atomic mass is 9.90. The lowest BCUT2D eigenvalue weighted by molar-refractivity contribution is -0.130. The summed E-state index contributed by atoms with van der Waals surface area (Å²) in [5.41, 5.74) is 3.32. The van der Waals surface area contributed by atoms with Gasteiger partial charge in [0.15, 0.2) is 5.78 Å². The number of carbonyl (C=O) groups excluding carboxylic acids is 2. The van der Waals surface area contributed by atoms with Crippen LogP contribution in [0.3, 0.4) is 0 Å². The number of amides is 1. The molecule has 3 rings (SSSR count). The van der Waals surface area contributed by atoms with Gasteiger partial charge in [-0.2, -0.15) is 0 Å². The van der Waals surface area contributed by atoms with Crippen LogP contribution in [0.1, 0.15) is 61.4 Å². The summed E-state index contributed by atoms with van der Waals surface area (Å²) in [5, 5.41) is 3.45. The molecule has 0 spiro atoms. The Morgan fingerprint density at radius 2 is 2.00 bits per heavy atom. The molecule has 1 saturated heterocycles. The van der Waals surface area contributed by atoms with Crippen LogP contribution in [0.15, 0.2) is 18.2 Å². The summed E-state index contributed by atoms with van der Waals surface area (Å²) in [6.07, 6.45) is 7.12. The van der Waals surface area contributed by atoms with E-state index in [4.69, 9.17) is 0 Å². The van der Waals surface area contributed by atoms with Crippen LogP contribution in [0.5, 0.6) is 0 Å². The number of aryl methyl sites for hydroxylation is 1. The maximum atomic E-state index is 12.5. The number of hydrogen-bond acceptors (Lipinski definition) is 3. The molecule has 1 amide bonds. The molecule has 24 heavy (non-hydrogen) atoms. The van der Waals surface area contributed by atoms with Gasteiger partial charge in [0.2, 0.25) is 5.91 Å². The predicted molar refractivity (Wildman–Crippen MR) is 96.4 cm³/mol. The number of ketones is 1. The summed E-state index contributed by atoms with van der Waals surface area (Å²) >= 11 is 0. The third-order valence-electron chi connectivity index (χ3n) is 5.46. The molecule has 1 aromatic rings. The highest BCUT2D eigenvalue weighted by Gasteiger charge is 2.21. The van der Waals surface area contributed by atoms with Crippen molar-refractivity contribution in [1.29, 1.82) is 0 Å². The average Bonchev–Trinajstić information content (AvgIpc) is 2.84. The molecular formula is C20H28N2O2. The summed E-state index contributed by atoms with van der Waals surface area (Å²) in [5.74, 6) is 0.989. The molecule has 130 valence electrons. The molecule has 4 nitrogen and oxygen atoms in total. The quantitative estimate of drug-likeness (QED) is 0.858. The van der Waals surface area contributed by atoms with Gasteiger partial charge in [-0.25, -0.2) is 0 Å². The second kappa shape index (κ2) is 7.82. The van der Waals surface area contributed by atoms with Gasteiger partial charge in [0, 0.05) is 44.2 Å². The maximum Gasteiger partial charge on any atom is 0.219 e. The number of likely N-dealkylation sites (tertiary alicyclic amines) is 1. The van der Waals surface area contributed by atoms with E-state index in [2.05, 4.69) is 11.4 Å². The molecule has 0 saturated carbocycles. The van der Waals surface area contributed by atoms with Gasteiger partial charge in [-0.1, -0.05) is 12.1 Å². The first kappa shape index (κ1) is 17.0. The SMILES string of the molecule is CC(=O)N1CCC(CCC(=O)c2ccc3c(c2)NCCCC3)CC1. The monoisotopic (exact) mass is 328 g/mol. The lowest BCUT2D eigenvalue weighted by Gasteiger charge is -2.31. The molecule has 2 aliphatic rings. The first-order chi connectivity index (χ1) is 11.6. The van der Waals surface area contributed by atoms with Crippen LogP contribution in [0.25, 0.3) is 0 Å². The van der Waals surface area contributed by atoms with Crippen molar-refractivity contribution in [2.24, 2.45) is 5.92 Å². The summed E-state index contributed by atoms with van der Waals surface area (Å²) in [4.78, 5) is 25.8. The number of anilines is 1. The van der Waals surface area contributed by atoms with Crippen molar-refractivity contribution >= 4 is 17.4 Å². The molecule has 2 heterocycles. The van der Waals surface area contributed by atoms with E-state index in [1.54, 1.807) is 6.92 Å². The van der Waals surface area contributed by atoms with Gasteiger partial charge in [0.1, 0.15) is 0 Å². The molecule has 2 aliphatic heterocycles. The molecule has 0 aromatic heterocycles. The van der Waals surface area contributed by atoms with Crippen LogP contribution in [-0.4, -0.2) is 36.2 Å². The maximum absolute atomic E-state index is 12.5. The first-order valence-corrected chi connectivity index (χ1v) is 9.29. The fourth-order valence-electron chi connectivity index (χ4n) is 3.81. The zero-order chi connectivity index (χ0) is 16.9. The fourth-order valence-corrected chi connectivity index (χ4v) is 3.81. The molecule has 0 atom stereocenters. The predicted octanol–water partition coefficient (Wildman–Crippen LogP) is 3.66. The van der Waals surface area contributed by atoms with Gasteiger partial charge in [-0.3, -0.25) is 9.59 Å². The summed E-state index contributed by atoms with van der Waals surface area (Å²) in [6, 6.07) is 6.15. The van der Waals surface area contributed by atoms with Crippen molar-refractivity contribution in [1.82, 2.24) is 4.90 Å². The van der Waals surface area contributed by atoms with Gasteiger partial charge in [-0.15, -0.1) is 0 Å². The van der Waals surface area contributed by atoms with E-state index in [0.29, 0.717) is 12.3 Å². The molecule has 0 radical (unpaired) electrons. The Bertz CT molecular complexity index is 604. The second-order valence-electron chi connectivity index (χ2n) is 7.17. The third kappa shape index (κ3) is 4.16. The number of hydrogen-bond donors (Lipinski definition) is 1. The molecule has 0 bridgehead atoms. The zero-order valence-electron chi connectivity index (χ0n) is 14.6. The Morgan fingerprint density at radius 3 is 2.75 bits per heavy atom. The van der Waals surface area contributed by atoms with E-state index in [1.165, 1.54) is 18.4 Å². The average molecular weight is 328 g/mol. The first-order valence-electron chi connectivity index (χ1n) is 9.29. The van der Waals surface area contributed by atoms with Crippen LogP contribution in [0.2, 0.25) is 0 Å². The van der Waals surface area contributed by atoms with E-state index in [9.17, 15) is 9.59 Å². The van der Waals surface area contributed by atoms with Crippen LogP contribution in [-0.2, 0) is 11.2 Å². The highest BCUT2D eigenvalue weighted by Crippen LogP contribution is 2.26. The zero-order valence-corrected chi connectivity index (χ0v) is 14.6. The summed E-state index contributed by atoms with van der Waals surface area (Å²) < 4.78 is 0. The van der Waals surface area contributed by atoms with Gasteiger partial charge in [-0.05, 0) is 56.1 Å². The lowest BCUT2D eigenvalue weighted by Crippen LogP contribution is -2.37. The van der Waals surface area contributed by atoms with Crippen LogP contribution >= 0.6 is 0 Å². The highest BCUT2D eigenvalue weighted by atomic mass is 16.2. The van der Waals surface area contributed by atoms with E-state index >= 15 is 0 Å². The Labute approximate surface area is 144 Å². The molecular weight excluding hydrogens is 300 g/mol. The van der Waals surface area contributed by atoms with Crippen molar-refractivity contribution < 1.29 is 9.59 Å². The third-order valence-corrected chi connectivity index (χ3v) is 5.46. The Morgan fingerprint density at radius 1 is 1.21 bits per heavy atom. The number of benzene rings is 1. The minimum absolute atomic E-state index is 0.169. The fraction of sp³-hybridized carbons (Fsp3) is 0.600. The standard InChI is InChI=1S/C20H28N2O2/c1-15(23)22-12-9-16(10-13-22)5-8-20(24)18-7-6-17-4-2-3-11-21-19(17)14-18/h6-7,14,16,21H,2-5,8-13H2,1H3. The number of nitrogens with zero attached hydrogens (tertiary/aromatic N) is 1. The Hall–Kier alpha value is -1.84. The van der Waals surface area contributed by atoms with E-state index < -0.39 is 0 Å². The number of fused-ring (bicyclic) bond motifs is 1. The molecule has 1 aromatic carbocycles. The summed E-state index contributed by atoms with van der Waals surface area (Å²) in [6.45, 7) is 4.32. The van der Waals surface area contributed by atoms with E-state index in [1.807, 2.05) is 17.0 Å². The van der Waals surface area contributed by atoms with Crippen LogP contribution in [0.4, 0.5) is 5.69 Å². The van der Waals surface area contributed by atoms with Gasteiger partial charge in [0.25, 0.3) is 0 Å². The highest BCUT2D eigenvalue weighted by molar-refractivity contribution is 5.97. The van der Waals surface area contributed by atoms with Crippen molar-refractivity contribution in [3.8, 4) is 0 Å². The number of piperidine rings is 1. The van der Waals surface area contributed by atoms with Gasteiger partial charge >= 0.3 is 0 Å². The number of nitrogens with one attached hydrogen (secondary N) is 1. The molecule has 1 N–H and O–H groups in total. The minimum atomic E-state index is 0.169. The van der Waals surface area contributed by atoms with Crippen molar-refractivity contribution in [3.05, 3.63) is 29.3 Å².